The highest BCUT2D eigenvalue weighted by molar-refractivity contribution is 7.99. The Kier molecular flexibility index (Phi) is 5.08. The standard InChI is InChI=1S/C17H16N4O4S/c1-10-3-5-13(15(7-10)21(23)24)18-16(22)9-26-17-19-12-6-4-11(25-2)8-14(12)20-17/h3-8H,9H2,1-2H3,(H,18,22)(H,19,20). The number of H-pyrrole nitrogens is 1. The molecule has 8 nitrogen and oxygen atoms in total. The number of imidazole rings is 1. The monoisotopic (exact) mass is 372 g/mol. The lowest BCUT2D eigenvalue weighted by Gasteiger charge is -2.06. The van der Waals surface area contributed by atoms with Gasteiger partial charge in [0.2, 0.25) is 5.91 Å². The molecule has 0 aliphatic rings. The summed E-state index contributed by atoms with van der Waals surface area (Å²) < 4.78 is 5.16. The van der Waals surface area contributed by atoms with Crippen molar-refractivity contribution in [3.63, 3.8) is 0 Å². The molecule has 0 saturated heterocycles. The van der Waals surface area contributed by atoms with Crippen LogP contribution in [0.4, 0.5) is 11.4 Å². The molecular formula is C17H16N4O4S. The van der Waals surface area contributed by atoms with Crippen molar-refractivity contribution in [2.24, 2.45) is 0 Å². The number of fused-ring (bicyclic) bond motifs is 1. The lowest BCUT2D eigenvalue weighted by molar-refractivity contribution is -0.384. The molecule has 134 valence electrons. The van der Waals surface area contributed by atoms with Crippen molar-refractivity contribution in [2.75, 3.05) is 18.2 Å². The first kappa shape index (κ1) is 17.7. The topological polar surface area (TPSA) is 110 Å². The number of anilines is 1. The number of hydrogen-bond donors (Lipinski definition) is 2. The van der Waals surface area contributed by atoms with Crippen LogP contribution in [0.3, 0.4) is 0 Å². The highest BCUT2D eigenvalue weighted by Gasteiger charge is 2.16. The lowest BCUT2D eigenvalue weighted by Crippen LogP contribution is -2.15. The number of carbonyl (C=O) groups excluding carboxylic acids is 1. The van der Waals surface area contributed by atoms with Crippen molar-refractivity contribution in [1.82, 2.24) is 9.97 Å². The fraction of sp³-hybridized carbons (Fsp3) is 0.176. The number of thioether (sulfide) groups is 1. The zero-order valence-corrected chi connectivity index (χ0v) is 14.9. The molecule has 9 heteroatoms. The van der Waals surface area contributed by atoms with Gasteiger partial charge in [-0.3, -0.25) is 14.9 Å². The molecule has 0 bridgehead atoms. The van der Waals surface area contributed by atoms with E-state index in [4.69, 9.17) is 4.74 Å². The number of nitrogens with zero attached hydrogens (tertiary/aromatic N) is 2. The number of hydrogen-bond acceptors (Lipinski definition) is 6. The van der Waals surface area contributed by atoms with Gasteiger partial charge in [-0.1, -0.05) is 17.8 Å². The smallest absolute Gasteiger partial charge is 0.293 e. The number of ether oxygens (including phenoxy) is 1. The third-order valence-corrected chi connectivity index (χ3v) is 4.50. The molecule has 3 aromatic rings. The van der Waals surface area contributed by atoms with Crippen LogP contribution < -0.4 is 10.1 Å². The summed E-state index contributed by atoms with van der Waals surface area (Å²) in [5, 5.41) is 14.3. The zero-order valence-electron chi connectivity index (χ0n) is 14.1. The van der Waals surface area contributed by atoms with E-state index in [0.29, 0.717) is 10.9 Å². The van der Waals surface area contributed by atoms with Crippen molar-refractivity contribution in [2.45, 2.75) is 12.1 Å². The number of aryl methyl sites for hydroxylation is 1. The lowest BCUT2D eigenvalue weighted by atomic mass is 10.2. The average molecular weight is 372 g/mol. The predicted molar refractivity (Wildman–Crippen MR) is 99.8 cm³/mol. The van der Waals surface area contributed by atoms with Crippen molar-refractivity contribution in [3.8, 4) is 5.75 Å². The second-order valence-electron chi connectivity index (χ2n) is 5.54. The van der Waals surface area contributed by atoms with Gasteiger partial charge in [-0.15, -0.1) is 0 Å². The third-order valence-electron chi connectivity index (χ3n) is 3.63. The number of aromatic amines is 1. The predicted octanol–water partition coefficient (Wildman–Crippen LogP) is 3.52. The number of rotatable bonds is 6. The molecule has 0 unspecified atom stereocenters. The number of nitro benzene ring substituents is 1. The number of benzene rings is 2. The van der Waals surface area contributed by atoms with Gasteiger partial charge in [0.05, 0.1) is 28.8 Å². The quantitative estimate of drug-likeness (QED) is 0.389. The maximum Gasteiger partial charge on any atom is 0.293 e. The van der Waals surface area contributed by atoms with Crippen LogP contribution in [-0.2, 0) is 4.79 Å². The van der Waals surface area contributed by atoms with Gasteiger partial charge in [0.1, 0.15) is 11.4 Å². The Balaban J connectivity index is 1.67. The third kappa shape index (κ3) is 3.94. The summed E-state index contributed by atoms with van der Waals surface area (Å²) in [4.78, 5) is 30.2. The Hall–Kier alpha value is -3.07. The summed E-state index contributed by atoms with van der Waals surface area (Å²) in [5.41, 5.74) is 2.38. The molecule has 2 aromatic carbocycles. The molecule has 0 atom stereocenters. The summed E-state index contributed by atoms with van der Waals surface area (Å²) in [6.45, 7) is 1.75. The van der Waals surface area contributed by atoms with Crippen LogP contribution in [0.1, 0.15) is 5.56 Å². The van der Waals surface area contributed by atoms with E-state index >= 15 is 0 Å². The SMILES string of the molecule is COc1ccc2nc(SCC(=O)Nc3ccc(C)cc3[N+](=O)[O-])[nH]c2c1. The first-order valence-electron chi connectivity index (χ1n) is 7.67. The van der Waals surface area contributed by atoms with Gasteiger partial charge >= 0.3 is 0 Å². The van der Waals surface area contributed by atoms with Crippen LogP contribution in [0.5, 0.6) is 5.75 Å². The highest BCUT2D eigenvalue weighted by Crippen LogP contribution is 2.26. The van der Waals surface area contributed by atoms with E-state index in [-0.39, 0.29) is 23.0 Å². The van der Waals surface area contributed by atoms with Gasteiger partial charge in [0.25, 0.3) is 5.69 Å². The molecule has 0 aliphatic carbocycles. The summed E-state index contributed by atoms with van der Waals surface area (Å²) in [6.07, 6.45) is 0. The zero-order chi connectivity index (χ0) is 18.7. The van der Waals surface area contributed by atoms with E-state index in [1.165, 1.54) is 23.9 Å². The number of nitro groups is 1. The summed E-state index contributed by atoms with van der Waals surface area (Å²) in [5.74, 6) is 0.434. The summed E-state index contributed by atoms with van der Waals surface area (Å²) in [6, 6.07) is 10.1. The Bertz CT molecular complexity index is 986. The largest absolute Gasteiger partial charge is 0.497 e. The van der Waals surface area contributed by atoms with Crippen LogP contribution in [0, 0.1) is 17.0 Å². The maximum atomic E-state index is 12.1. The van der Waals surface area contributed by atoms with Crippen LogP contribution in [0.15, 0.2) is 41.6 Å². The molecule has 26 heavy (non-hydrogen) atoms. The van der Waals surface area contributed by atoms with E-state index in [2.05, 4.69) is 15.3 Å². The van der Waals surface area contributed by atoms with Gasteiger partial charge < -0.3 is 15.0 Å². The number of amides is 1. The fourth-order valence-corrected chi connectivity index (χ4v) is 3.06. The van der Waals surface area contributed by atoms with E-state index in [1.54, 1.807) is 26.2 Å². The van der Waals surface area contributed by atoms with Crippen LogP contribution >= 0.6 is 11.8 Å². The number of carbonyl (C=O) groups is 1. The number of methoxy groups -OCH3 is 1. The minimum absolute atomic E-state index is 0.0714. The second-order valence-corrected chi connectivity index (χ2v) is 6.50. The first-order valence-corrected chi connectivity index (χ1v) is 8.66. The van der Waals surface area contributed by atoms with E-state index in [9.17, 15) is 14.9 Å². The Morgan fingerprint density at radius 2 is 2.15 bits per heavy atom. The molecule has 1 heterocycles. The molecule has 0 radical (unpaired) electrons. The van der Waals surface area contributed by atoms with Crippen molar-refractivity contribution in [1.29, 1.82) is 0 Å². The van der Waals surface area contributed by atoms with Gasteiger partial charge in [0, 0.05) is 12.1 Å². The van der Waals surface area contributed by atoms with E-state index in [0.717, 1.165) is 16.6 Å². The molecule has 0 saturated carbocycles. The Morgan fingerprint density at radius 3 is 2.88 bits per heavy atom. The number of nitrogens with one attached hydrogen (secondary N) is 2. The van der Waals surface area contributed by atoms with Gasteiger partial charge in [0.15, 0.2) is 5.16 Å². The Morgan fingerprint density at radius 1 is 1.35 bits per heavy atom. The molecular weight excluding hydrogens is 356 g/mol. The van der Waals surface area contributed by atoms with Crippen LogP contribution in [-0.4, -0.2) is 33.7 Å². The van der Waals surface area contributed by atoms with Crippen molar-refractivity contribution in [3.05, 3.63) is 52.1 Å². The van der Waals surface area contributed by atoms with E-state index in [1.807, 2.05) is 12.1 Å². The van der Waals surface area contributed by atoms with E-state index < -0.39 is 4.92 Å². The molecule has 0 aliphatic heterocycles. The summed E-state index contributed by atoms with van der Waals surface area (Å²) in [7, 11) is 1.59. The van der Waals surface area contributed by atoms with Gasteiger partial charge in [-0.2, -0.15) is 0 Å². The van der Waals surface area contributed by atoms with Crippen molar-refractivity contribution < 1.29 is 14.5 Å². The van der Waals surface area contributed by atoms with Crippen LogP contribution in [0.2, 0.25) is 0 Å². The highest BCUT2D eigenvalue weighted by atomic mass is 32.2. The molecule has 1 amide bonds. The van der Waals surface area contributed by atoms with Gasteiger partial charge in [-0.05, 0) is 30.7 Å². The first-order chi connectivity index (χ1) is 12.5. The molecule has 3 rings (SSSR count). The summed E-state index contributed by atoms with van der Waals surface area (Å²) >= 11 is 1.21. The van der Waals surface area contributed by atoms with Gasteiger partial charge in [-0.25, -0.2) is 4.98 Å². The molecule has 2 N–H and O–H groups in total. The normalized spacial score (nSPS) is 10.7. The molecule has 1 aromatic heterocycles. The molecule has 0 spiro atoms. The van der Waals surface area contributed by atoms with Crippen LogP contribution in [0.25, 0.3) is 11.0 Å². The molecule has 0 fully saturated rings. The Labute approximate surface area is 153 Å². The fourth-order valence-electron chi connectivity index (χ4n) is 2.38. The second kappa shape index (κ2) is 7.44. The van der Waals surface area contributed by atoms with Crippen molar-refractivity contribution >= 4 is 40.1 Å². The maximum absolute atomic E-state index is 12.1. The minimum atomic E-state index is -0.512. The average Bonchev–Trinajstić information content (AvgIpc) is 3.03. The number of aromatic nitrogens is 2. The minimum Gasteiger partial charge on any atom is -0.497 e.